The van der Waals surface area contributed by atoms with E-state index in [-0.39, 0.29) is 12.1 Å². The molecule has 4 rings (SSSR count). The highest BCUT2D eigenvalue weighted by atomic mass is 16.3. The van der Waals surface area contributed by atoms with Gasteiger partial charge in [-0.05, 0) is 73.0 Å². The minimum absolute atomic E-state index is 0.168. The first-order chi connectivity index (χ1) is 14.3. The second-order valence-corrected chi connectivity index (χ2v) is 8.75. The van der Waals surface area contributed by atoms with Gasteiger partial charge in [-0.25, -0.2) is 4.79 Å². The molecule has 5 nitrogen and oxygen atoms in total. The van der Waals surface area contributed by atoms with Crippen LogP contribution in [-0.4, -0.2) is 35.7 Å². The van der Waals surface area contributed by atoms with E-state index in [0.717, 1.165) is 24.1 Å². The molecule has 5 heteroatoms. The van der Waals surface area contributed by atoms with E-state index in [0.29, 0.717) is 12.3 Å². The van der Waals surface area contributed by atoms with E-state index >= 15 is 0 Å². The number of hydrogen-bond acceptors (Lipinski definition) is 3. The zero-order valence-electron chi connectivity index (χ0n) is 17.8. The zero-order valence-corrected chi connectivity index (χ0v) is 17.8. The van der Waals surface area contributed by atoms with E-state index < -0.39 is 5.54 Å². The zero-order chi connectivity index (χ0) is 21.3. The maximum atomic E-state index is 12.7. The van der Waals surface area contributed by atoms with Crippen molar-refractivity contribution in [1.82, 2.24) is 15.5 Å². The van der Waals surface area contributed by atoms with Crippen molar-refractivity contribution in [3.63, 3.8) is 0 Å². The van der Waals surface area contributed by atoms with Crippen molar-refractivity contribution >= 4 is 16.8 Å². The second kappa shape index (κ2) is 8.00. The summed E-state index contributed by atoms with van der Waals surface area (Å²) < 4.78 is 0. The number of carbonyl (C=O) groups is 1. The van der Waals surface area contributed by atoms with Crippen molar-refractivity contribution in [3.8, 4) is 5.75 Å². The Bertz CT molecular complexity index is 1080. The lowest BCUT2D eigenvalue weighted by Gasteiger charge is -2.35. The normalized spacial score (nSPS) is 16.8. The molecular formula is C25H29N3O2. The fourth-order valence-electron chi connectivity index (χ4n) is 4.18. The molecule has 0 aromatic heterocycles. The smallest absolute Gasteiger partial charge is 0.315 e. The van der Waals surface area contributed by atoms with E-state index in [9.17, 15) is 9.90 Å². The lowest BCUT2D eigenvalue weighted by Crippen LogP contribution is -2.51. The van der Waals surface area contributed by atoms with Gasteiger partial charge in [0, 0.05) is 19.1 Å². The molecule has 1 heterocycles. The van der Waals surface area contributed by atoms with Crippen LogP contribution >= 0.6 is 0 Å². The Balaban J connectivity index is 1.38. The maximum absolute atomic E-state index is 12.7. The Kier molecular flexibility index (Phi) is 5.39. The Morgan fingerprint density at radius 2 is 1.83 bits per heavy atom. The molecule has 1 atom stereocenters. The SMILES string of the molecule is CN1Cc2cc(O)ccc2C[C@H]1CNC(=O)NC(C)(C)c1ccc2ccccc2c1. The van der Waals surface area contributed by atoms with E-state index in [2.05, 4.69) is 52.9 Å². The van der Waals surface area contributed by atoms with Crippen LogP contribution in [0.2, 0.25) is 0 Å². The summed E-state index contributed by atoms with van der Waals surface area (Å²) in [5.41, 5.74) is 2.96. The summed E-state index contributed by atoms with van der Waals surface area (Å²) in [5, 5.41) is 18.2. The Morgan fingerprint density at radius 1 is 1.07 bits per heavy atom. The number of nitrogens with zero attached hydrogens (tertiary/aromatic N) is 1. The maximum Gasteiger partial charge on any atom is 0.315 e. The van der Waals surface area contributed by atoms with Crippen LogP contribution < -0.4 is 10.6 Å². The van der Waals surface area contributed by atoms with E-state index in [4.69, 9.17) is 0 Å². The van der Waals surface area contributed by atoms with Crippen molar-refractivity contribution in [2.24, 2.45) is 0 Å². The molecule has 0 aliphatic carbocycles. The lowest BCUT2D eigenvalue weighted by molar-refractivity contribution is 0.199. The van der Waals surface area contributed by atoms with E-state index in [1.165, 1.54) is 16.3 Å². The van der Waals surface area contributed by atoms with Crippen LogP contribution in [0.25, 0.3) is 10.8 Å². The third-order valence-corrected chi connectivity index (χ3v) is 6.08. The predicted octanol–water partition coefficient (Wildman–Crippen LogP) is 4.14. The summed E-state index contributed by atoms with van der Waals surface area (Å²) in [6, 6.07) is 20.1. The quantitative estimate of drug-likeness (QED) is 0.614. The average molecular weight is 404 g/mol. The number of aromatic hydroxyl groups is 1. The third-order valence-electron chi connectivity index (χ3n) is 6.08. The van der Waals surface area contributed by atoms with Crippen molar-refractivity contribution in [2.45, 2.75) is 38.4 Å². The number of hydrogen-bond donors (Lipinski definition) is 3. The molecule has 0 radical (unpaired) electrons. The Hall–Kier alpha value is -3.05. The molecule has 0 spiro atoms. The molecule has 3 N–H and O–H groups in total. The number of urea groups is 1. The summed E-state index contributed by atoms with van der Waals surface area (Å²) in [6.45, 7) is 5.37. The monoisotopic (exact) mass is 403 g/mol. The van der Waals surface area contributed by atoms with Gasteiger partial charge < -0.3 is 15.7 Å². The van der Waals surface area contributed by atoms with Crippen LogP contribution in [0.15, 0.2) is 60.7 Å². The van der Waals surface area contributed by atoms with Crippen molar-refractivity contribution < 1.29 is 9.90 Å². The lowest BCUT2D eigenvalue weighted by atomic mass is 9.92. The van der Waals surface area contributed by atoms with Crippen LogP contribution in [0.1, 0.15) is 30.5 Å². The molecule has 0 saturated heterocycles. The number of phenolic OH excluding ortho intramolecular Hbond substituents is 1. The molecule has 30 heavy (non-hydrogen) atoms. The summed E-state index contributed by atoms with van der Waals surface area (Å²) in [7, 11) is 2.05. The van der Waals surface area contributed by atoms with Crippen LogP contribution in [0.3, 0.4) is 0 Å². The number of fused-ring (bicyclic) bond motifs is 2. The van der Waals surface area contributed by atoms with Gasteiger partial charge in [0.1, 0.15) is 5.75 Å². The molecule has 3 aromatic carbocycles. The van der Waals surface area contributed by atoms with E-state index in [1.807, 2.05) is 38.1 Å². The number of benzene rings is 3. The van der Waals surface area contributed by atoms with Crippen LogP contribution in [0.5, 0.6) is 5.75 Å². The van der Waals surface area contributed by atoms with Crippen molar-refractivity contribution in [3.05, 3.63) is 77.4 Å². The first kappa shape index (κ1) is 20.2. The predicted molar refractivity (Wildman–Crippen MR) is 121 cm³/mol. The number of phenols is 1. The summed E-state index contributed by atoms with van der Waals surface area (Å²) >= 11 is 0. The van der Waals surface area contributed by atoms with Crippen LogP contribution in [0.4, 0.5) is 4.79 Å². The number of rotatable bonds is 4. The largest absolute Gasteiger partial charge is 0.508 e. The summed E-state index contributed by atoms with van der Waals surface area (Å²) in [5.74, 6) is 0.300. The van der Waals surface area contributed by atoms with Gasteiger partial charge in [0.15, 0.2) is 0 Å². The minimum atomic E-state index is -0.489. The molecule has 1 aliphatic rings. The number of amides is 2. The first-order valence-corrected chi connectivity index (χ1v) is 10.4. The fraction of sp³-hybridized carbons (Fsp3) is 0.320. The molecular weight excluding hydrogens is 374 g/mol. The Labute approximate surface area is 177 Å². The molecule has 3 aromatic rings. The highest BCUT2D eigenvalue weighted by Gasteiger charge is 2.26. The van der Waals surface area contributed by atoms with Gasteiger partial charge in [-0.2, -0.15) is 0 Å². The van der Waals surface area contributed by atoms with Gasteiger partial charge in [0.25, 0.3) is 0 Å². The molecule has 156 valence electrons. The first-order valence-electron chi connectivity index (χ1n) is 10.4. The van der Waals surface area contributed by atoms with Gasteiger partial charge in [-0.15, -0.1) is 0 Å². The van der Waals surface area contributed by atoms with Gasteiger partial charge in [0.05, 0.1) is 5.54 Å². The number of nitrogens with one attached hydrogen (secondary N) is 2. The molecule has 0 fully saturated rings. The molecule has 1 aliphatic heterocycles. The van der Waals surface area contributed by atoms with Gasteiger partial charge in [-0.3, -0.25) is 4.90 Å². The van der Waals surface area contributed by atoms with Gasteiger partial charge in [0.2, 0.25) is 0 Å². The van der Waals surface area contributed by atoms with E-state index in [1.54, 1.807) is 6.07 Å². The van der Waals surface area contributed by atoms with Crippen molar-refractivity contribution in [2.75, 3.05) is 13.6 Å². The fourth-order valence-corrected chi connectivity index (χ4v) is 4.18. The average Bonchev–Trinajstić information content (AvgIpc) is 2.71. The summed E-state index contributed by atoms with van der Waals surface area (Å²) in [4.78, 5) is 14.9. The van der Waals surface area contributed by atoms with Crippen LogP contribution in [0, 0.1) is 0 Å². The molecule has 2 amide bonds. The highest BCUT2D eigenvalue weighted by Crippen LogP contribution is 2.26. The van der Waals surface area contributed by atoms with Crippen LogP contribution in [-0.2, 0) is 18.5 Å². The van der Waals surface area contributed by atoms with Gasteiger partial charge in [-0.1, -0.05) is 42.5 Å². The topological polar surface area (TPSA) is 64.6 Å². The van der Waals surface area contributed by atoms with Gasteiger partial charge >= 0.3 is 6.03 Å². The minimum Gasteiger partial charge on any atom is -0.508 e. The third kappa shape index (κ3) is 4.26. The highest BCUT2D eigenvalue weighted by molar-refractivity contribution is 5.83. The second-order valence-electron chi connectivity index (χ2n) is 8.75. The van der Waals surface area contributed by atoms with Crippen molar-refractivity contribution in [1.29, 1.82) is 0 Å². The summed E-state index contributed by atoms with van der Waals surface area (Å²) in [6.07, 6.45) is 0.848. The molecule has 0 unspecified atom stereocenters. The number of likely N-dealkylation sites (N-methyl/N-ethyl adjacent to an activating group) is 1. The number of carbonyl (C=O) groups excluding carboxylic acids is 1. The molecule has 0 bridgehead atoms. The Morgan fingerprint density at radius 3 is 2.63 bits per heavy atom. The molecule has 0 saturated carbocycles. The standard InChI is InChI=1S/C25H29N3O2/c1-25(2,21-10-8-17-6-4-5-7-18(17)12-21)27-24(30)26-15-22-13-19-9-11-23(29)14-20(19)16-28(22)3/h4-12,14,22,29H,13,15-16H2,1-3H3,(H2,26,27,30)/t22-/m0/s1.